The minimum atomic E-state index is -0.636. The monoisotopic (exact) mass is 373 g/mol. The summed E-state index contributed by atoms with van der Waals surface area (Å²) in [4.78, 5) is 28.3. The normalized spacial score (nSPS) is 10.8. The van der Waals surface area contributed by atoms with Gasteiger partial charge in [-0.1, -0.05) is 16.8 Å². The van der Waals surface area contributed by atoms with Crippen LogP contribution in [-0.4, -0.2) is 33.1 Å². The lowest BCUT2D eigenvalue weighted by atomic mass is 10.1. The summed E-state index contributed by atoms with van der Waals surface area (Å²) in [7, 11) is 0. The topological polar surface area (TPSA) is 87.2 Å². The van der Waals surface area contributed by atoms with Crippen LogP contribution < -0.4 is 0 Å². The van der Waals surface area contributed by atoms with Crippen molar-refractivity contribution in [2.75, 3.05) is 6.61 Å². The Morgan fingerprint density at radius 1 is 1.23 bits per heavy atom. The van der Waals surface area contributed by atoms with E-state index in [9.17, 15) is 9.59 Å². The molecule has 3 heterocycles. The molecular weight excluding hydrogens is 358 g/mol. The number of carbonyl (C=O) groups is 2. The third kappa shape index (κ3) is 3.52. The van der Waals surface area contributed by atoms with Crippen LogP contribution in [0.2, 0.25) is 5.15 Å². The summed E-state index contributed by atoms with van der Waals surface area (Å²) >= 11 is 5.68. The molecule has 7 nitrogen and oxygen atoms in total. The van der Waals surface area contributed by atoms with Crippen molar-refractivity contribution >= 4 is 23.4 Å². The lowest BCUT2D eigenvalue weighted by Crippen LogP contribution is -2.15. The van der Waals surface area contributed by atoms with Gasteiger partial charge in [0.2, 0.25) is 5.78 Å². The van der Waals surface area contributed by atoms with Crippen molar-refractivity contribution in [2.45, 2.75) is 20.8 Å². The van der Waals surface area contributed by atoms with Crippen molar-refractivity contribution < 1.29 is 18.8 Å². The number of halogens is 1. The summed E-state index contributed by atoms with van der Waals surface area (Å²) in [6.07, 6.45) is 1.30. The van der Waals surface area contributed by atoms with Crippen molar-refractivity contribution in [3.63, 3.8) is 0 Å². The number of esters is 1. The van der Waals surface area contributed by atoms with Gasteiger partial charge < -0.3 is 9.26 Å². The number of Topliss-reactive ketones (excluding diaryl/α,β-unsaturated/α-hetero) is 1. The molecule has 0 aliphatic carbocycles. The molecule has 134 valence electrons. The van der Waals surface area contributed by atoms with Crippen LogP contribution in [0.15, 0.2) is 35.0 Å². The van der Waals surface area contributed by atoms with Gasteiger partial charge in [-0.05, 0) is 39.0 Å². The largest absolute Gasteiger partial charge is 0.454 e. The highest BCUT2D eigenvalue weighted by Crippen LogP contribution is 2.21. The third-order valence-corrected chi connectivity index (χ3v) is 4.10. The van der Waals surface area contributed by atoms with Gasteiger partial charge in [0.1, 0.15) is 10.9 Å². The molecule has 0 bridgehead atoms. The number of rotatable bonds is 5. The van der Waals surface area contributed by atoms with E-state index in [2.05, 4.69) is 10.1 Å². The number of hydrogen-bond donors (Lipinski definition) is 0. The average molecular weight is 374 g/mol. The van der Waals surface area contributed by atoms with Gasteiger partial charge in [0, 0.05) is 29.2 Å². The van der Waals surface area contributed by atoms with E-state index in [0.717, 1.165) is 5.69 Å². The predicted octanol–water partition coefficient (Wildman–Crippen LogP) is 3.48. The first-order valence-corrected chi connectivity index (χ1v) is 8.19. The Balaban J connectivity index is 1.74. The second-order valence-electron chi connectivity index (χ2n) is 5.78. The molecule has 3 aromatic rings. The maximum absolute atomic E-state index is 12.5. The molecule has 26 heavy (non-hydrogen) atoms. The fraction of sp³-hybridized carbons (Fsp3) is 0.222. The molecule has 0 aromatic carbocycles. The molecule has 0 saturated carbocycles. The van der Waals surface area contributed by atoms with E-state index < -0.39 is 5.97 Å². The fourth-order valence-corrected chi connectivity index (χ4v) is 2.76. The summed E-state index contributed by atoms with van der Waals surface area (Å²) in [6, 6.07) is 6.48. The van der Waals surface area contributed by atoms with E-state index in [1.807, 2.05) is 11.5 Å². The molecule has 0 unspecified atom stereocenters. The lowest BCUT2D eigenvalue weighted by molar-refractivity contribution is 0.0474. The molecule has 0 radical (unpaired) electrons. The van der Waals surface area contributed by atoms with E-state index in [0.29, 0.717) is 22.8 Å². The average Bonchev–Trinajstić information content (AvgIpc) is 3.15. The quantitative estimate of drug-likeness (QED) is 0.386. The van der Waals surface area contributed by atoms with Crippen LogP contribution in [-0.2, 0) is 4.74 Å². The van der Waals surface area contributed by atoms with Crippen LogP contribution >= 0.6 is 11.6 Å². The van der Waals surface area contributed by atoms with Crippen LogP contribution in [0.4, 0.5) is 0 Å². The van der Waals surface area contributed by atoms with Gasteiger partial charge >= 0.3 is 5.97 Å². The Morgan fingerprint density at radius 3 is 2.62 bits per heavy atom. The van der Waals surface area contributed by atoms with Crippen molar-refractivity contribution in [3.8, 4) is 5.82 Å². The number of aromatic nitrogens is 3. The van der Waals surface area contributed by atoms with Crippen LogP contribution in [0.5, 0.6) is 0 Å². The van der Waals surface area contributed by atoms with Crippen molar-refractivity contribution in [1.82, 2.24) is 14.7 Å². The molecule has 0 fully saturated rings. The number of ketones is 1. The second-order valence-corrected chi connectivity index (χ2v) is 6.17. The molecule has 0 N–H and O–H groups in total. The summed E-state index contributed by atoms with van der Waals surface area (Å²) in [5.41, 5.74) is 2.22. The Labute approximate surface area is 154 Å². The second kappa shape index (κ2) is 7.13. The van der Waals surface area contributed by atoms with Crippen LogP contribution in [0, 0.1) is 20.8 Å². The Kier molecular flexibility index (Phi) is 4.90. The SMILES string of the molecule is Cc1cc(-n2c(C)cc(C(=O)COC(=O)c3ccc(Cl)nc3)c2C)no1. The zero-order chi connectivity index (χ0) is 18.8. The number of pyridine rings is 1. The minimum absolute atomic E-state index is 0.228. The smallest absolute Gasteiger partial charge is 0.340 e. The maximum atomic E-state index is 12.5. The molecule has 0 saturated heterocycles. The number of carbonyl (C=O) groups excluding carboxylic acids is 2. The van der Waals surface area contributed by atoms with E-state index in [-0.39, 0.29) is 23.1 Å². The molecule has 0 aliphatic rings. The van der Waals surface area contributed by atoms with E-state index >= 15 is 0 Å². The Morgan fingerprint density at radius 2 is 2.00 bits per heavy atom. The number of hydrogen-bond acceptors (Lipinski definition) is 6. The maximum Gasteiger partial charge on any atom is 0.340 e. The number of ether oxygens (including phenoxy) is 1. The zero-order valence-corrected chi connectivity index (χ0v) is 15.2. The summed E-state index contributed by atoms with van der Waals surface area (Å²) < 4.78 is 12.0. The van der Waals surface area contributed by atoms with Crippen molar-refractivity contribution in [2.24, 2.45) is 0 Å². The van der Waals surface area contributed by atoms with Gasteiger partial charge in [0.25, 0.3) is 0 Å². The predicted molar refractivity (Wildman–Crippen MR) is 93.9 cm³/mol. The molecule has 0 amide bonds. The van der Waals surface area contributed by atoms with E-state index in [1.54, 1.807) is 26.0 Å². The van der Waals surface area contributed by atoms with Gasteiger partial charge in [-0.15, -0.1) is 0 Å². The first-order valence-electron chi connectivity index (χ1n) is 7.81. The van der Waals surface area contributed by atoms with E-state index in [4.69, 9.17) is 20.9 Å². The number of nitrogens with zero attached hydrogens (tertiary/aromatic N) is 3. The molecular formula is C18H16ClN3O4. The lowest BCUT2D eigenvalue weighted by Gasteiger charge is -2.06. The van der Waals surface area contributed by atoms with Gasteiger partial charge in [0.15, 0.2) is 12.4 Å². The highest BCUT2D eigenvalue weighted by atomic mass is 35.5. The summed E-state index contributed by atoms with van der Waals surface area (Å²) in [5.74, 6) is 0.329. The van der Waals surface area contributed by atoms with Gasteiger partial charge in [0.05, 0.1) is 5.56 Å². The van der Waals surface area contributed by atoms with Crippen molar-refractivity contribution in [3.05, 3.63) is 63.9 Å². The van der Waals surface area contributed by atoms with Crippen LogP contribution in [0.1, 0.15) is 37.9 Å². The Bertz CT molecular complexity index is 973. The van der Waals surface area contributed by atoms with Gasteiger partial charge in [-0.25, -0.2) is 9.78 Å². The number of aryl methyl sites for hydroxylation is 2. The Hall–Kier alpha value is -2.93. The van der Waals surface area contributed by atoms with Gasteiger partial charge in [-0.2, -0.15) is 0 Å². The first-order chi connectivity index (χ1) is 12.4. The van der Waals surface area contributed by atoms with Gasteiger partial charge in [-0.3, -0.25) is 9.36 Å². The molecule has 0 atom stereocenters. The molecule has 8 heteroatoms. The first kappa shape index (κ1) is 17.9. The molecule has 3 aromatic heterocycles. The zero-order valence-electron chi connectivity index (χ0n) is 14.4. The highest BCUT2D eigenvalue weighted by Gasteiger charge is 2.20. The summed E-state index contributed by atoms with van der Waals surface area (Å²) in [6.45, 7) is 5.08. The van der Waals surface area contributed by atoms with Crippen LogP contribution in [0.3, 0.4) is 0 Å². The van der Waals surface area contributed by atoms with E-state index in [1.165, 1.54) is 18.3 Å². The molecule has 0 spiro atoms. The highest BCUT2D eigenvalue weighted by molar-refractivity contribution is 6.29. The fourth-order valence-electron chi connectivity index (χ4n) is 2.65. The summed E-state index contributed by atoms with van der Waals surface area (Å²) in [5, 5.41) is 4.25. The third-order valence-electron chi connectivity index (χ3n) is 3.87. The molecule has 3 rings (SSSR count). The standard InChI is InChI=1S/C18H16ClN3O4/c1-10-6-14(12(3)22(10)17-7-11(2)26-21-17)15(23)9-25-18(24)13-4-5-16(19)20-8-13/h4-8H,9H2,1-3H3. The van der Waals surface area contributed by atoms with Crippen molar-refractivity contribution in [1.29, 1.82) is 0 Å². The molecule has 0 aliphatic heterocycles. The minimum Gasteiger partial charge on any atom is -0.454 e. The van der Waals surface area contributed by atoms with Crippen LogP contribution in [0.25, 0.3) is 5.82 Å².